The molecule has 1 aliphatic carbocycles. The van der Waals surface area contributed by atoms with E-state index >= 15 is 0 Å². The third-order valence-electron chi connectivity index (χ3n) is 6.37. The SMILES string of the molecule is CCc1ccc(Cc2cc([C@@]3(O)O[C@H](CO)[C@@H](O)[C@H](O)[C@H]3O)ccc2C2CC2)cc1. The minimum atomic E-state index is -2.23. The lowest BCUT2D eigenvalue weighted by atomic mass is 9.85. The first-order valence-electron chi connectivity index (χ1n) is 10.6. The average molecular weight is 414 g/mol. The first-order chi connectivity index (χ1) is 14.4. The van der Waals surface area contributed by atoms with Crippen LogP contribution in [0.2, 0.25) is 0 Å². The Morgan fingerprint density at radius 3 is 2.23 bits per heavy atom. The summed E-state index contributed by atoms with van der Waals surface area (Å²) in [6.07, 6.45) is -2.19. The van der Waals surface area contributed by atoms with Gasteiger partial charge in [-0.25, -0.2) is 0 Å². The number of aliphatic hydroxyl groups is 5. The summed E-state index contributed by atoms with van der Waals surface area (Å²) < 4.78 is 5.50. The highest BCUT2D eigenvalue weighted by atomic mass is 16.7. The van der Waals surface area contributed by atoms with Gasteiger partial charge in [-0.1, -0.05) is 43.3 Å². The molecule has 2 aromatic carbocycles. The second-order valence-corrected chi connectivity index (χ2v) is 8.50. The molecule has 1 saturated carbocycles. The Bertz CT molecular complexity index is 876. The standard InChI is InChI=1S/C24H30O6/c1-2-14-3-5-15(6-4-14)11-17-12-18(9-10-19(17)16-7-8-16)24(29)23(28)22(27)21(26)20(13-25)30-24/h3-6,9-10,12,16,20-23,25-29H,2,7-8,11,13H2,1H3/t20-,21-,22+,23-,24-/m1/s1. The van der Waals surface area contributed by atoms with E-state index in [9.17, 15) is 25.5 Å². The number of aryl methyl sites for hydroxylation is 1. The molecule has 0 unspecified atom stereocenters. The Labute approximate surface area is 176 Å². The predicted octanol–water partition coefficient (Wildman–Crippen LogP) is 1.34. The summed E-state index contributed by atoms with van der Waals surface area (Å²) in [5.41, 5.74) is 4.96. The second-order valence-electron chi connectivity index (χ2n) is 8.50. The maximum absolute atomic E-state index is 11.2. The predicted molar refractivity (Wildman–Crippen MR) is 111 cm³/mol. The van der Waals surface area contributed by atoms with Gasteiger partial charge < -0.3 is 30.3 Å². The smallest absolute Gasteiger partial charge is 0.222 e. The molecule has 6 heteroatoms. The van der Waals surface area contributed by atoms with E-state index in [-0.39, 0.29) is 0 Å². The zero-order valence-electron chi connectivity index (χ0n) is 17.1. The highest BCUT2D eigenvalue weighted by Crippen LogP contribution is 2.44. The summed E-state index contributed by atoms with van der Waals surface area (Å²) in [7, 11) is 0. The minimum absolute atomic E-state index is 0.295. The van der Waals surface area contributed by atoms with Gasteiger partial charge in [-0.3, -0.25) is 0 Å². The number of rotatable bonds is 6. The number of hydrogen-bond acceptors (Lipinski definition) is 6. The molecule has 2 fully saturated rings. The molecule has 1 saturated heterocycles. The molecule has 5 atom stereocenters. The van der Waals surface area contributed by atoms with Crippen LogP contribution in [0.5, 0.6) is 0 Å². The Balaban J connectivity index is 1.69. The molecule has 5 N–H and O–H groups in total. The monoisotopic (exact) mass is 414 g/mol. The lowest BCUT2D eigenvalue weighted by Crippen LogP contribution is -2.63. The van der Waals surface area contributed by atoms with Gasteiger partial charge in [0.1, 0.15) is 24.4 Å². The number of ether oxygens (including phenoxy) is 1. The van der Waals surface area contributed by atoms with Crippen LogP contribution in [0.1, 0.15) is 53.5 Å². The average Bonchev–Trinajstić information content (AvgIpc) is 3.60. The normalized spacial score (nSPS) is 31.7. The van der Waals surface area contributed by atoms with E-state index in [0.717, 1.165) is 30.4 Å². The van der Waals surface area contributed by atoms with Crippen LogP contribution in [0.3, 0.4) is 0 Å². The third-order valence-corrected chi connectivity index (χ3v) is 6.37. The first-order valence-corrected chi connectivity index (χ1v) is 10.6. The Hall–Kier alpha value is -1.80. The zero-order chi connectivity index (χ0) is 21.5. The molecule has 30 heavy (non-hydrogen) atoms. The van der Waals surface area contributed by atoms with E-state index in [1.807, 2.05) is 12.1 Å². The van der Waals surface area contributed by atoms with Crippen molar-refractivity contribution in [3.8, 4) is 0 Å². The molecule has 0 aromatic heterocycles. The number of hydrogen-bond donors (Lipinski definition) is 5. The molecular weight excluding hydrogens is 384 g/mol. The van der Waals surface area contributed by atoms with Crippen molar-refractivity contribution in [3.63, 3.8) is 0 Å². The molecular formula is C24H30O6. The fourth-order valence-electron chi connectivity index (χ4n) is 4.28. The summed E-state index contributed by atoms with van der Waals surface area (Å²) in [5, 5.41) is 51.3. The van der Waals surface area contributed by atoms with E-state index in [0.29, 0.717) is 17.9 Å². The summed E-state index contributed by atoms with van der Waals surface area (Å²) >= 11 is 0. The van der Waals surface area contributed by atoms with E-state index in [1.165, 1.54) is 11.1 Å². The fourth-order valence-corrected chi connectivity index (χ4v) is 4.28. The van der Waals surface area contributed by atoms with Crippen molar-refractivity contribution in [3.05, 3.63) is 70.3 Å². The van der Waals surface area contributed by atoms with Gasteiger partial charge in [0.15, 0.2) is 0 Å². The zero-order valence-corrected chi connectivity index (χ0v) is 17.1. The van der Waals surface area contributed by atoms with Crippen molar-refractivity contribution in [2.24, 2.45) is 0 Å². The lowest BCUT2D eigenvalue weighted by Gasteiger charge is -2.45. The van der Waals surface area contributed by atoms with Crippen molar-refractivity contribution in [2.75, 3.05) is 6.61 Å². The maximum Gasteiger partial charge on any atom is 0.222 e. The maximum atomic E-state index is 11.2. The van der Waals surface area contributed by atoms with E-state index < -0.39 is 36.8 Å². The van der Waals surface area contributed by atoms with Crippen LogP contribution in [0.4, 0.5) is 0 Å². The van der Waals surface area contributed by atoms with Crippen molar-refractivity contribution in [1.82, 2.24) is 0 Å². The Morgan fingerprint density at radius 2 is 1.63 bits per heavy atom. The van der Waals surface area contributed by atoms with Crippen LogP contribution in [0.15, 0.2) is 42.5 Å². The molecule has 6 nitrogen and oxygen atoms in total. The molecule has 0 spiro atoms. The molecule has 1 heterocycles. The molecule has 0 amide bonds. The van der Waals surface area contributed by atoms with Gasteiger partial charge in [-0.05, 0) is 59.9 Å². The van der Waals surface area contributed by atoms with Crippen LogP contribution >= 0.6 is 0 Å². The third kappa shape index (κ3) is 3.91. The molecule has 1 aliphatic heterocycles. The topological polar surface area (TPSA) is 110 Å². The second kappa shape index (κ2) is 8.38. The molecule has 4 rings (SSSR count). The van der Waals surface area contributed by atoms with Gasteiger partial charge in [-0.2, -0.15) is 0 Å². The summed E-state index contributed by atoms with van der Waals surface area (Å²) in [4.78, 5) is 0. The summed E-state index contributed by atoms with van der Waals surface area (Å²) in [5.74, 6) is -1.73. The lowest BCUT2D eigenvalue weighted by molar-refractivity contribution is -0.357. The fraction of sp³-hybridized carbons (Fsp3) is 0.500. The van der Waals surface area contributed by atoms with Crippen LogP contribution in [0.25, 0.3) is 0 Å². The van der Waals surface area contributed by atoms with Gasteiger partial charge in [-0.15, -0.1) is 0 Å². The minimum Gasteiger partial charge on any atom is -0.394 e. The van der Waals surface area contributed by atoms with Crippen LogP contribution in [-0.4, -0.2) is 56.6 Å². The van der Waals surface area contributed by atoms with Crippen LogP contribution in [0, 0.1) is 0 Å². The van der Waals surface area contributed by atoms with Gasteiger partial charge in [0.25, 0.3) is 0 Å². The highest BCUT2D eigenvalue weighted by molar-refractivity contribution is 5.42. The molecule has 2 aromatic rings. The number of benzene rings is 2. The Kier molecular flexibility index (Phi) is 5.99. The van der Waals surface area contributed by atoms with Crippen molar-refractivity contribution in [2.45, 2.75) is 68.7 Å². The van der Waals surface area contributed by atoms with Crippen LogP contribution < -0.4 is 0 Å². The van der Waals surface area contributed by atoms with Crippen molar-refractivity contribution in [1.29, 1.82) is 0 Å². The van der Waals surface area contributed by atoms with Gasteiger partial charge in [0.05, 0.1) is 6.61 Å². The van der Waals surface area contributed by atoms with E-state index in [4.69, 9.17) is 4.74 Å². The summed E-state index contributed by atoms with van der Waals surface area (Å²) in [6.45, 7) is 1.52. The van der Waals surface area contributed by atoms with Gasteiger partial charge in [0, 0.05) is 5.56 Å². The van der Waals surface area contributed by atoms with Crippen molar-refractivity contribution < 1.29 is 30.3 Å². The number of aliphatic hydroxyl groups excluding tert-OH is 4. The highest BCUT2D eigenvalue weighted by Gasteiger charge is 2.53. The Morgan fingerprint density at radius 1 is 0.967 bits per heavy atom. The molecule has 2 aliphatic rings. The first kappa shape index (κ1) is 21.4. The molecule has 162 valence electrons. The van der Waals surface area contributed by atoms with E-state index in [2.05, 4.69) is 31.2 Å². The molecule has 0 radical (unpaired) electrons. The summed E-state index contributed by atoms with van der Waals surface area (Å²) in [6, 6.07) is 13.9. The molecule has 0 bridgehead atoms. The van der Waals surface area contributed by atoms with Gasteiger partial charge in [0.2, 0.25) is 5.79 Å². The van der Waals surface area contributed by atoms with E-state index in [1.54, 1.807) is 6.07 Å². The van der Waals surface area contributed by atoms with Crippen LogP contribution in [-0.2, 0) is 23.4 Å². The quantitative estimate of drug-likeness (QED) is 0.488. The van der Waals surface area contributed by atoms with Crippen molar-refractivity contribution >= 4 is 0 Å². The largest absolute Gasteiger partial charge is 0.394 e. The van der Waals surface area contributed by atoms with Gasteiger partial charge >= 0.3 is 0 Å².